The Morgan fingerprint density at radius 1 is 0.969 bits per heavy atom. The summed E-state index contributed by atoms with van der Waals surface area (Å²) in [4.78, 5) is 0. The standard InChI is InChI=1S/C28H48O4/c1-16(2)17(3)7-8-18(4)21-9-10-22-20-14-25(31)28(32)15-19(29)13-24(30)27(28,6)23(20)11-12-26(21,22)5/h17-25,29-32H,1,7-15H2,2-6H3/t17-,18+,19-,20-,21+,22-,23-,24+,25+,26+,27-,28-/m0/s1. The summed E-state index contributed by atoms with van der Waals surface area (Å²) < 4.78 is 0. The lowest BCUT2D eigenvalue weighted by Gasteiger charge is -2.66. The third kappa shape index (κ3) is 3.46. The minimum atomic E-state index is -1.40. The van der Waals surface area contributed by atoms with Gasteiger partial charge in [0.15, 0.2) is 0 Å². The molecular formula is C28H48O4. The summed E-state index contributed by atoms with van der Waals surface area (Å²) in [6.07, 6.45) is 5.72. The molecular weight excluding hydrogens is 400 g/mol. The Balaban J connectivity index is 1.56. The molecule has 4 nitrogen and oxygen atoms in total. The van der Waals surface area contributed by atoms with Gasteiger partial charge in [-0.3, -0.25) is 0 Å². The van der Waals surface area contributed by atoms with Gasteiger partial charge in [-0.2, -0.15) is 0 Å². The summed E-state index contributed by atoms with van der Waals surface area (Å²) in [5, 5.41) is 44.2. The van der Waals surface area contributed by atoms with E-state index in [-0.39, 0.29) is 17.8 Å². The predicted molar refractivity (Wildman–Crippen MR) is 128 cm³/mol. The summed E-state index contributed by atoms with van der Waals surface area (Å²) in [5.74, 6) is 3.05. The average molecular weight is 449 g/mol. The predicted octanol–water partition coefficient (Wildman–Crippen LogP) is 4.69. The summed E-state index contributed by atoms with van der Waals surface area (Å²) in [6, 6.07) is 0. The van der Waals surface area contributed by atoms with Crippen LogP contribution < -0.4 is 0 Å². The second kappa shape index (κ2) is 8.36. The Morgan fingerprint density at radius 3 is 2.31 bits per heavy atom. The molecule has 4 aliphatic carbocycles. The van der Waals surface area contributed by atoms with Gasteiger partial charge in [-0.05, 0) is 99.2 Å². The maximum Gasteiger partial charge on any atom is 0.101 e. The highest BCUT2D eigenvalue weighted by Crippen LogP contribution is 2.69. The Bertz CT molecular complexity index is 722. The van der Waals surface area contributed by atoms with Crippen LogP contribution in [0.1, 0.15) is 92.4 Å². The molecule has 0 radical (unpaired) electrons. The average Bonchev–Trinajstić information content (AvgIpc) is 3.06. The fraction of sp³-hybridized carbons (Fsp3) is 0.929. The first-order valence-electron chi connectivity index (χ1n) is 13.3. The van der Waals surface area contributed by atoms with Crippen LogP contribution in [0.5, 0.6) is 0 Å². The van der Waals surface area contributed by atoms with E-state index in [0.717, 1.165) is 12.8 Å². The molecule has 4 fully saturated rings. The van der Waals surface area contributed by atoms with Crippen LogP contribution in [0.4, 0.5) is 0 Å². The zero-order chi connectivity index (χ0) is 23.6. The molecule has 0 spiro atoms. The van der Waals surface area contributed by atoms with Gasteiger partial charge in [-0.15, -0.1) is 0 Å². The number of hydrogen-bond acceptors (Lipinski definition) is 4. The molecule has 4 N–H and O–H groups in total. The molecule has 0 unspecified atom stereocenters. The number of rotatable bonds is 5. The molecule has 0 aromatic rings. The maximum atomic E-state index is 11.6. The highest BCUT2D eigenvalue weighted by Gasteiger charge is 2.70. The number of allylic oxidation sites excluding steroid dienone is 1. The molecule has 4 aliphatic rings. The van der Waals surface area contributed by atoms with Crippen LogP contribution in [0.25, 0.3) is 0 Å². The zero-order valence-corrected chi connectivity index (χ0v) is 21.1. The van der Waals surface area contributed by atoms with Crippen molar-refractivity contribution < 1.29 is 20.4 Å². The molecule has 12 atom stereocenters. The lowest BCUT2D eigenvalue weighted by molar-refractivity contribution is -0.294. The van der Waals surface area contributed by atoms with Crippen molar-refractivity contribution >= 4 is 0 Å². The Labute approximate surface area is 195 Å². The molecule has 32 heavy (non-hydrogen) atoms. The first kappa shape index (κ1) is 24.7. The summed E-state index contributed by atoms with van der Waals surface area (Å²) in [5.41, 5.74) is -0.599. The lowest BCUT2D eigenvalue weighted by Crippen LogP contribution is -2.72. The molecule has 4 heteroatoms. The van der Waals surface area contributed by atoms with Crippen LogP contribution in [0.15, 0.2) is 12.2 Å². The normalized spacial score (nSPS) is 52.5. The Hall–Kier alpha value is -0.420. The monoisotopic (exact) mass is 448 g/mol. The molecule has 0 bridgehead atoms. The first-order valence-corrected chi connectivity index (χ1v) is 13.3. The third-order valence-corrected chi connectivity index (χ3v) is 11.6. The van der Waals surface area contributed by atoms with E-state index in [2.05, 4.69) is 34.3 Å². The minimum absolute atomic E-state index is 0.174. The largest absolute Gasteiger partial charge is 0.393 e. The summed E-state index contributed by atoms with van der Waals surface area (Å²) in [6.45, 7) is 15.5. The molecule has 184 valence electrons. The van der Waals surface area contributed by atoms with Crippen LogP contribution in [-0.4, -0.2) is 44.3 Å². The van der Waals surface area contributed by atoms with Crippen molar-refractivity contribution in [2.75, 3.05) is 0 Å². The molecule has 0 aliphatic heterocycles. The zero-order valence-electron chi connectivity index (χ0n) is 21.1. The van der Waals surface area contributed by atoms with Crippen LogP contribution in [-0.2, 0) is 0 Å². The molecule has 0 aromatic heterocycles. The molecule has 0 heterocycles. The number of hydrogen-bond donors (Lipinski definition) is 4. The third-order valence-electron chi connectivity index (χ3n) is 11.6. The van der Waals surface area contributed by atoms with Crippen molar-refractivity contribution in [3.8, 4) is 0 Å². The molecule has 0 saturated heterocycles. The van der Waals surface area contributed by atoms with Crippen LogP contribution in [0, 0.1) is 46.3 Å². The molecule has 4 saturated carbocycles. The Morgan fingerprint density at radius 2 is 1.66 bits per heavy atom. The smallest absolute Gasteiger partial charge is 0.101 e. The van der Waals surface area contributed by atoms with Gasteiger partial charge in [0.25, 0.3) is 0 Å². The van der Waals surface area contributed by atoms with Crippen molar-refractivity contribution in [2.24, 2.45) is 46.3 Å². The molecule has 4 rings (SSSR count). The lowest BCUT2D eigenvalue weighted by atomic mass is 9.41. The second-order valence-corrected chi connectivity index (χ2v) is 13.0. The topological polar surface area (TPSA) is 80.9 Å². The van der Waals surface area contributed by atoms with E-state index in [0.29, 0.717) is 42.4 Å². The fourth-order valence-electron chi connectivity index (χ4n) is 9.27. The van der Waals surface area contributed by atoms with E-state index in [1.54, 1.807) is 0 Å². The van der Waals surface area contributed by atoms with Crippen LogP contribution in [0.3, 0.4) is 0 Å². The first-order chi connectivity index (χ1) is 14.9. The van der Waals surface area contributed by atoms with Gasteiger partial charge in [-0.25, -0.2) is 0 Å². The van der Waals surface area contributed by atoms with Gasteiger partial charge in [-0.1, -0.05) is 39.8 Å². The summed E-state index contributed by atoms with van der Waals surface area (Å²) in [7, 11) is 0. The van der Waals surface area contributed by atoms with Gasteiger partial charge in [0, 0.05) is 11.8 Å². The highest BCUT2D eigenvalue weighted by molar-refractivity contribution is 5.19. The van der Waals surface area contributed by atoms with Crippen LogP contribution >= 0.6 is 0 Å². The molecule has 0 aromatic carbocycles. The van der Waals surface area contributed by atoms with E-state index in [9.17, 15) is 20.4 Å². The maximum absolute atomic E-state index is 11.6. The van der Waals surface area contributed by atoms with E-state index in [1.165, 1.54) is 31.3 Å². The van der Waals surface area contributed by atoms with Gasteiger partial charge < -0.3 is 20.4 Å². The second-order valence-electron chi connectivity index (χ2n) is 13.0. The van der Waals surface area contributed by atoms with E-state index in [1.807, 2.05) is 6.92 Å². The van der Waals surface area contributed by atoms with Crippen molar-refractivity contribution in [3.05, 3.63) is 12.2 Å². The van der Waals surface area contributed by atoms with Gasteiger partial charge in [0.05, 0.1) is 18.3 Å². The fourth-order valence-corrected chi connectivity index (χ4v) is 9.27. The SMILES string of the molecule is C=C(C)[C@@H](C)CC[C@@H](C)[C@H]1CC[C@H]2[C@@H]3C[C@@H](O)[C@@]4(O)C[C@@H](O)C[C@@H](O)[C@]4(C)[C@H]3CC[C@]12C. The number of aliphatic hydroxyl groups excluding tert-OH is 3. The van der Waals surface area contributed by atoms with Crippen molar-refractivity contribution in [2.45, 2.75) is 116 Å². The van der Waals surface area contributed by atoms with Crippen molar-refractivity contribution in [1.82, 2.24) is 0 Å². The van der Waals surface area contributed by atoms with E-state index >= 15 is 0 Å². The highest BCUT2D eigenvalue weighted by atomic mass is 16.4. The van der Waals surface area contributed by atoms with Crippen molar-refractivity contribution in [3.63, 3.8) is 0 Å². The van der Waals surface area contributed by atoms with Gasteiger partial charge in [0.1, 0.15) is 5.60 Å². The van der Waals surface area contributed by atoms with E-state index < -0.39 is 29.3 Å². The molecule has 0 amide bonds. The van der Waals surface area contributed by atoms with E-state index in [4.69, 9.17) is 0 Å². The van der Waals surface area contributed by atoms with Gasteiger partial charge >= 0.3 is 0 Å². The minimum Gasteiger partial charge on any atom is -0.393 e. The Kier molecular flexibility index (Phi) is 6.45. The van der Waals surface area contributed by atoms with Crippen molar-refractivity contribution in [1.29, 1.82) is 0 Å². The van der Waals surface area contributed by atoms with Crippen LogP contribution in [0.2, 0.25) is 0 Å². The quantitative estimate of drug-likeness (QED) is 0.460. The summed E-state index contributed by atoms with van der Waals surface area (Å²) >= 11 is 0. The number of fused-ring (bicyclic) bond motifs is 5. The number of aliphatic hydroxyl groups is 4. The van der Waals surface area contributed by atoms with Gasteiger partial charge in [0.2, 0.25) is 0 Å².